The summed E-state index contributed by atoms with van der Waals surface area (Å²) in [6, 6.07) is 13.9. The maximum atomic E-state index is 12.6. The van der Waals surface area contributed by atoms with Crippen LogP contribution in [0.1, 0.15) is 33.8 Å². The third-order valence-electron chi connectivity index (χ3n) is 4.61. The number of nitrogens with zero attached hydrogens (tertiary/aromatic N) is 1. The Morgan fingerprint density at radius 1 is 1.13 bits per heavy atom. The third-order valence-corrected chi connectivity index (χ3v) is 4.61. The van der Waals surface area contributed by atoms with Gasteiger partial charge < -0.3 is 14.4 Å². The fraction of sp³-hybridized carbons (Fsp3) is 0.316. The van der Waals surface area contributed by atoms with Crippen LogP contribution in [0.25, 0.3) is 0 Å². The van der Waals surface area contributed by atoms with E-state index in [9.17, 15) is 4.79 Å². The number of fused-ring (bicyclic) bond motifs is 1. The number of hydrogen-bond donors (Lipinski definition) is 0. The summed E-state index contributed by atoms with van der Waals surface area (Å²) in [4.78, 5) is 14.6. The van der Waals surface area contributed by atoms with Gasteiger partial charge >= 0.3 is 0 Å². The van der Waals surface area contributed by atoms with Crippen molar-refractivity contribution in [1.82, 2.24) is 4.90 Å². The van der Waals surface area contributed by atoms with E-state index in [-0.39, 0.29) is 5.91 Å². The molecule has 2 aliphatic rings. The lowest BCUT2D eigenvalue weighted by molar-refractivity contribution is 0.0790. The number of carbonyl (C=O) groups excluding carboxylic acids is 1. The van der Waals surface area contributed by atoms with Gasteiger partial charge in [0.25, 0.3) is 5.91 Å². The molecular formula is C19H19NO3. The zero-order valence-corrected chi connectivity index (χ0v) is 13.1. The van der Waals surface area contributed by atoms with Crippen LogP contribution >= 0.6 is 0 Å². The van der Waals surface area contributed by atoms with Gasteiger partial charge in [-0.3, -0.25) is 4.79 Å². The van der Waals surface area contributed by atoms with Crippen LogP contribution in [-0.2, 0) is 0 Å². The summed E-state index contributed by atoms with van der Waals surface area (Å²) < 4.78 is 10.8. The number of hydrogen-bond acceptors (Lipinski definition) is 3. The van der Waals surface area contributed by atoms with Crippen LogP contribution in [0.5, 0.6) is 11.5 Å². The molecule has 4 rings (SSSR count). The molecule has 1 saturated heterocycles. The van der Waals surface area contributed by atoms with Crippen LogP contribution < -0.4 is 9.47 Å². The lowest BCUT2D eigenvalue weighted by atomic mass is 9.98. The number of aryl methyl sites for hydroxylation is 1. The molecule has 0 aromatic heterocycles. The van der Waals surface area contributed by atoms with Crippen LogP contribution in [0.2, 0.25) is 0 Å². The second-order valence-electron chi connectivity index (χ2n) is 6.22. The number of ether oxygens (including phenoxy) is 2. The standard InChI is InChI=1S/C19H19NO3/c1-13-3-2-4-15(9-13)19(21)20-8-7-16(11-20)14-5-6-17-18(10-14)23-12-22-17/h2-6,9-10,16H,7-8,11-12H2,1H3. The average molecular weight is 309 g/mol. The summed E-state index contributed by atoms with van der Waals surface area (Å²) in [5.41, 5.74) is 3.10. The van der Waals surface area contributed by atoms with Crippen molar-refractivity contribution >= 4 is 5.91 Å². The highest BCUT2D eigenvalue weighted by Crippen LogP contribution is 2.37. The fourth-order valence-electron chi connectivity index (χ4n) is 3.34. The molecule has 0 aliphatic carbocycles. The van der Waals surface area contributed by atoms with E-state index in [1.54, 1.807) is 0 Å². The zero-order chi connectivity index (χ0) is 15.8. The first-order valence-electron chi connectivity index (χ1n) is 7.96. The minimum absolute atomic E-state index is 0.122. The van der Waals surface area contributed by atoms with E-state index in [2.05, 4.69) is 6.07 Å². The number of amides is 1. The molecule has 0 radical (unpaired) electrons. The first-order valence-corrected chi connectivity index (χ1v) is 7.96. The molecule has 1 amide bonds. The van der Waals surface area contributed by atoms with Crippen molar-refractivity contribution in [3.05, 3.63) is 59.2 Å². The van der Waals surface area contributed by atoms with E-state index in [1.165, 1.54) is 5.56 Å². The van der Waals surface area contributed by atoms with Crippen molar-refractivity contribution in [1.29, 1.82) is 0 Å². The first kappa shape index (κ1) is 14.1. The Balaban J connectivity index is 1.50. The van der Waals surface area contributed by atoms with Crippen LogP contribution in [0.3, 0.4) is 0 Å². The Morgan fingerprint density at radius 2 is 2.00 bits per heavy atom. The van der Waals surface area contributed by atoms with Crippen molar-refractivity contribution in [3.8, 4) is 11.5 Å². The van der Waals surface area contributed by atoms with E-state index in [0.29, 0.717) is 12.7 Å². The fourth-order valence-corrected chi connectivity index (χ4v) is 3.34. The SMILES string of the molecule is Cc1cccc(C(=O)N2CCC(c3ccc4c(c3)OCO4)C2)c1. The monoisotopic (exact) mass is 309 g/mol. The van der Waals surface area contributed by atoms with Gasteiger partial charge in [0, 0.05) is 24.6 Å². The third kappa shape index (κ3) is 2.65. The summed E-state index contributed by atoms with van der Waals surface area (Å²) in [6.45, 7) is 3.86. The molecule has 0 saturated carbocycles. The van der Waals surface area contributed by atoms with Crippen molar-refractivity contribution in [3.63, 3.8) is 0 Å². The molecule has 2 aromatic rings. The molecule has 2 aliphatic heterocycles. The van der Waals surface area contributed by atoms with E-state index >= 15 is 0 Å². The minimum Gasteiger partial charge on any atom is -0.454 e. The van der Waals surface area contributed by atoms with Gasteiger partial charge in [-0.2, -0.15) is 0 Å². The summed E-state index contributed by atoms with van der Waals surface area (Å²) in [5.74, 6) is 2.10. The summed E-state index contributed by atoms with van der Waals surface area (Å²) >= 11 is 0. The van der Waals surface area contributed by atoms with Crippen molar-refractivity contribution < 1.29 is 14.3 Å². The van der Waals surface area contributed by atoms with Crippen molar-refractivity contribution in [2.75, 3.05) is 19.9 Å². The highest BCUT2D eigenvalue weighted by Gasteiger charge is 2.29. The molecule has 0 spiro atoms. The van der Waals surface area contributed by atoms with Crippen LogP contribution in [0, 0.1) is 6.92 Å². The Bertz CT molecular complexity index is 756. The van der Waals surface area contributed by atoms with Gasteiger partial charge in [-0.15, -0.1) is 0 Å². The van der Waals surface area contributed by atoms with Gasteiger partial charge in [-0.1, -0.05) is 23.8 Å². The number of rotatable bonds is 2. The van der Waals surface area contributed by atoms with Gasteiger partial charge in [0.15, 0.2) is 11.5 Å². The summed E-state index contributed by atoms with van der Waals surface area (Å²) in [7, 11) is 0. The Kier molecular flexibility index (Phi) is 3.45. The Hall–Kier alpha value is -2.49. The molecule has 0 bridgehead atoms. The minimum atomic E-state index is 0.122. The van der Waals surface area contributed by atoms with Crippen LogP contribution in [0.4, 0.5) is 0 Å². The first-order chi connectivity index (χ1) is 11.2. The number of carbonyl (C=O) groups is 1. The molecule has 118 valence electrons. The second-order valence-corrected chi connectivity index (χ2v) is 6.22. The zero-order valence-electron chi connectivity index (χ0n) is 13.1. The highest BCUT2D eigenvalue weighted by atomic mass is 16.7. The van der Waals surface area contributed by atoms with Gasteiger partial charge in [-0.25, -0.2) is 0 Å². The maximum absolute atomic E-state index is 12.6. The van der Waals surface area contributed by atoms with E-state index in [1.807, 2.05) is 48.2 Å². The topological polar surface area (TPSA) is 38.8 Å². The summed E-state index contributed by atoms with van der Waals surface area (Å²) in [6.07, 6.45) is 0.983. The van der Waals surface area contributed by atoms with Crippen LogP contribution in [-0.4, -0.2) is 30.7 Å². The number of likely N-dealkylation sites (tertiary alicyclic amines) is 1. The van der Waals surface area contributed by atoms with Gasteiger partial charge in [-0.05, 0) is 43.2 Å². The lowest BCUT2D eigenvalue weighted by Gasteiger charge is -2.17. The largest absolute Gasteiger partial charge is 0.454 e. The molecular weight excluding hydrogens is 290 g/mol. The van der Waals surface area contributed by atoms with Crippen molar-refractivity contribution in [2.24, 2.45) is 0 Å². The highest BCUT2D eigenvalue weighted by molar-refractivity contribution is 5.94. The quantitative estimate of drug-likeness (QED) is 0.854. The average Bonchev–Trinajstić information content (AvgIpc) is 3.22. The molecule has 1 unspecified atom stereocenters. The molecule has 1 atom stereocenters. The predicted octanol–water partition coefficient (Wildman–Crippen LogP) is 3.35. The summed E-state index contributed by atoms with van der Waals surface area (Å²) in [5, 5.41) is 0. The lowest BCUT2D eigenvalue weighted by Crippen LogP contribution is -2.28. The van der Waals surface area contributed by atoms with E-state index in [0.717, 1.165) is 42.1 Å². The molecule has 2 aromatic carbocycles. The predicted molar refractivity (Wildman–Crippen MR) is 87.0 cm³/mol. The Labute approximate surface area is 135 Å². The molecule has 2 heterocycles. The van der Waals surface area contributed by atoms with Crippen LogP contribution in [0.15, 0.2) is 42.5 Å². The van der Waals surface area contributed by atoms with E-state index in [4.69, 9.17) is 9.47 Å². The molecule has 1 fully saturated rings. The van der Waals surface area contributed by atoms with E-state index < -0.39 is 0 Å². The van der Waals surface area contributed by atoms with Gasteiger partial charge in [0.2, 0.25) is 6.79 Å². The maximum Gasteiger partial charge on any atom is 0.253 e. The normalized spacial score (nSPS) is 19.2. The van der Waals surface area contributed by atoms with Crippen molar-refractivity contribution in [2.45, 2.75) is 19.3 Å². The van der Waals surface area contributed by atoms with Gasteiger partial charge in [0.1, 0.15) is 0 Å². The molecule has 4 nitrogen and oxygen atoms in total. The smallest absolute Gasteiger partial charge is 0.253 e. The molecule has 23 heavy (non-hydrogen) atoms. The molecule has 0 N–H and O–H groups in total. The molecule has 4 heteroatoms. The number of benzene rings is 2. The Morgan fingerprint density at radius 3 is 2.87 bits per heavy atom. The van der Waals surface area contributed by atoms with Gasteiger partial charge in [0.05, 0.1) is 0 Å². The second kappa shape index (κ2) is 5.61.